The third-order valence-corrected chi connectivity index (χ3v) is 5.34. The number of carbonyl (C=O) groups is 3. The highest BCUT2D eigenvalue weighted by Crippen LogP contribution is 2.23. The van der Waals surface area contributed by atoms with Crippen molar-refractivity contribution in [3.05, 3.63) is 64.2 Å². The van der Waals surface area contributed by atoms with Gasteiger partial charge in [0.1, 0.15) is 10.8 Å². The number of hydrogen-bond donors (Lipinski definition) is 2. The summed E-state index contributed by atoms with van der Waals surface area (Å²) in [6, 6.07) is 6.90. The van der Waals surface area contributed by atoms with E-state index in [0.717, 1.165) is 22.8 Å². The highest BCUT2D eigenvalue weighted by molar-refractivity contribution is 7.14. The second-order valence-electron chi connectivity index (χ2n) is 6.51. The number of anilines is 1. The number of thiophene rings is 1. The molecule has 0 spiro atoms. The number of hydrogen-bond acceptors (Lipinski definition) is 6. The molecule has 0 aromatic carbocycles. The first kappa shape index (κ1) is 20.4. The van der Waals surface area contributed by atoms with Crippen molar-refractivity contribution < 1.29 is 23.5 Å². The van der Waals surface area contributed by atoms with E-state index in [2.05, 4.69) is 5.32 Å². The van der Waals surface area contributed by atoms with Gasteiger partial charge >= 0.3 is 5.97 Å². The summed E-state index contributed by atoms with van der Waals surface area (Å²) < 4.78 is 12.6. The Labute approximate surface area is 171 Å². The van der Waals surface area contributed by atoms with Crippen molar-refractivity contribution in [3.63, 3.8) is 0 Å². The Morgan fingerprint density at radius 3 is 2.69 bits per heavy atom. The Morgan fingerprint density at radius 2 is 2.03 bits per heavy atom. The second kappa shape index (κ2) is 8.36. The number of nitrogens with two attached hydrogens (primary N) is 1. The maximum absolute atomic E-state index is 12.6. The van der Waals surface area contributed by atoms with Crippen molar-refractivity contribution in [1.29, 1.82) is 0 Å². The maximum Gasteiger partial charge on any atom is 0.340 e. The first-order chi connectivity index (χ1) is 13.8. The van der Waals surface area contributed by atoms with Gasteiger partial charge in [-0.1, -0.05) is 0 Å². The molecule has 0 aliphatic carbocycles. The molecule has 0 unspecified atom stereocenters. The molecule has 29 heavy (non-hydrogen) atoms. The van der Waals surface area contributed by atoms with Crippen molar-refractivity contribution in [1.82, 2.24) is 4.57 Å². The zero-order chi connectivity index (χ0) is 21.1. The van der Waals surface area contributed by atoms with Crippen LogP contribution in [0.4, 0.5) is 5.00 Å². The molecular weight excluding hydrogens is 394 g/mol. The monoisotopic (exact) mass is 415 g/mol. The van der Waals surface area contributed by atoms with Crippen LogP contribution in [0, 0.1) is 13.8 Å². The number of amides is 2. The van der Waals surface area contributed by atoms with Crippen molar-refractivity contribution in [2.75, 3.05) is 5.32 Å². The van der Waals surface area contributed by atoms with Gasteiger partial charge in [0.15, 0.2) is 6.10 Å². The lowest BCUT2D eigenvalue weighted by Crippen LogP contribution is -2.30. The summed E-state index contributed by atoms with van der Waals surface area (Å²) in [7, 11) is 0. The molecule has 0 bridgehead atoms. The molecule has 3 aromatic rings. The predicted molar refractivity (Wildman–Crippen MR) is 108 cm³/mol. The van der Waals surface area contributed by atoms with Gasteiger partial charge in [0.05, 0.1) is 23.9 Å². The van der Waals surface area contributed by atoms with Gasteiger partial charge in [-0.15, -0.1) is 11.3 Å². The van der Waals surface area contributed by atoms with Crippen molar-refractivity contribution in [2.24, 2.45) is 5.73 Å². The summed E-state index contributed by atoms with van der Waals surface area (Å²) in [5.74, 6) is -1.03. The van der Waals surface area contributed by atoms with Gasteiger partial charge < -0.3 is 24.8 Å². The van der Waals surface area contributed by atoms with E-state index >= 15 is 0 Å². The summed E-state index contributed by atoms with van der Waals surface area (Å²) >= 11 is 1.16. The van der Waals surface area contributed by atoms with E-state index in [4.69, 9.17) is 14.9 Å². The minimum atomic E-state index is -1.06. The molecule has 2 amide bonds. The van der Waals surface area contributed by atoms with Gasteiger partial charge in [0, 0.05) is 11.4 Å². The highest BCUT2D eigenvalue weighted by atomic mass is 32.1. The van der Waals surface area contributed by atoms with Crippen molar-refractivity contribution >= 4 is 34.1 Å². The van der Waals surface area contributed by atoms with Crippen LogP contribution in [0.25, 0.3) is 0 Å². The summed E-state index contributed by atoms with van der Waals surface area (Å²) in [6.07, 6.45) is 0.536. The van der Waals surface area contributed by atoms with Crippen LogP contribution in [0.15, 0.2) is 40.3 Å². The largest absolute Gasteiger partial charge is 0.467 e. The van der Waals surface area contributed by atoms with Crippen LogP contribution in [-0.2, 0) is 16.1 Å². The molecule has 1 atom stereocenters. The minimum absolute atomic E-state index is 0.211. The van der Waals surface area contributed by atoms with Crippen LogP contribution in [0.3, 0.4) is 0 Å². The number of nitrogens with zero attached hydrogens (tertiary/aromatic N) is 1. The molecular formula is C20H21N3O5S. The fourth-order valence-corrected chi connectivity index (χ4v) is 3.70. The molecule has 0 aliphatic heterocycles. The number of carbonyl (C=O) groups excluding carboxylic acids is 3. The number of nitrogens with one attached hydrogen (secondary N) is 1. The number of ether oxygens (including phenoxy) is 1. The van der Waals surface area contributed by atoms with E-state index in [1.807, 2.05) is 24.5 Å². The van der Waals surface area contributed by atoms with Gasteiger partial charge in [-0.25, -0.2) is 4.79 Å². The minimum Gasteiger partial charge on any atom is -0.467 e. The highest BCUT2D eigenvalue weighted by Gasteiger charge is 2.24. The van der Waals surface area contributed by atoms with Gasteiger partial charge in [-0.2, -0.15) is 0 Å². The van der Waals surface area contributed by atoms with Crippen LogP contribution in [0.5, 0.6) is 0 Å². The standard InChI is InChI=1S/C20H21N3O5S/c1-11-9-16(12(2)23(11)10-14-5-4-7-27-14)20(26)28-13(3)18(25)22-19-15(17(21)24)6-8-29-19/h4-9,13H,10H2,1-3H3,(H2,21,24)(H,22,25)/t13-/m1/s1. The van der Waals surface area contributed by atoms with E-state index < -0.39 is 23.9 Å². The molecule has 9 heteroatoms. The Balaban J connectivity index is 1.68. The number of rotatable bonds is 7. The van der Waals surface area contributed by atoms with Crippen molar-refractivity contribution in [2.45, 2.75) is 33.4 Å². The maximum atomic E-state index is 12.6. The fraction of sp³-hybridized carbons (Fsp3) is 0.250. The van der Waals surface area contributed by atoms with Crippen molar-refractivity contribution in [3.8, 4) is 0 Å². The molecule has 0 saturated heterocycles. The first-order valence-electron chi connectivity index (χ1n) is 8.86. The summed E-state index contributed by atoms with van der Waals surface area (Å²) in [6.45, 7) is 5.64. The third kappa shape index (κ3) is 4.40. The fourth-order valence-electron chi connectivity index (χ4n) is 2.90. The van der Waals surface area contributed by atoms with Crippen LogP contribution < -0.4 is 11.1 Å². The van der Waals surface area contributed by atoms with Crippen LogP contribution in [0.1, 0.15) is 44.8 Å². The lowest BCUT2D eigenvalue weighted by atomic mass is 10.2. The first-order valence-corrected chi connectivity index (χ1v) is 9.74. The van der Waals surface area contributed by atoms with Gasteiger partial charge in [-0.05, 0) is 50.4 Å². The average Bonchev–Trinajstić information content (AvgIpc) is 3.39. The smallest absolute Gasteiger partial charge is 0.340 e. The predicted octanol–water partition coefficient (Wildman–Crippen LogP) is 3.09. The molecule has 0 saturated carbocycles. The Bertz CT molecular complexity index is 1050. The van der Waals surface area contributed by atoms with E-state index in [0.29, 0.717) is 22.8 Å². The van der Waals surface area contributed by atoms with Gasteiger partial charge in [0.25, 0.3) is 11.8 Å². The van der Waals surface area contributed by atoms with E-state index in [1.165, 1.54) is 13.0 Å². The van der Waals surface area contributed by atoms with E-state index in [9.17, 15) is 14.4 Å². The molecule has 3 aromatic heterocycles. The summed E-state index contributed by atoms with van der Waals surface area (Å²) in [5.41, 5.74) is 7.44. The topological polar surface area (TPSA) is 117 Å². The normalized spacial score (nSPS) is 11.8. The van der Waals surface area contributed by atoms with Gasteiger partial charge in [0.2, 0.25) is 0 Å². The molecule has 3 heterocycles. The summed E-state index contributed by atoms with van der Waals surface area (Å²) in [5, 5.41) is 4.53. The SMILES string of the molecule is Cc1cc(C(=O)O[C@H](C)C(=O)Nc2sccc2C(N)=O)c(C)n1Cc1ccco1. The van der Waals surface area contributed by atoms with Gasteiger partial charge in [-0.3, -0.25) is 9.59 Å². The molecule has 0 radical (unpaired) electrons. The van der Waals surface area contributed by atoms with E-state index in [1.54, 1.807) is 23.8 Å². The molecule has 0 fully saturated rings. The second-order valence-corrected chi connectivity index (χ2v) is 7.43. The quantitative estimate of drug-likeness (QED) is 0.575. The zero-order valence-electron chi connectivity index (χ0n) is 16.2. The number of aromatic nitrogens is 1. The summed E-state index contributed by atoms with van der Waals surface area (Å²) in [4.78, 5) is 36.4. The number of esters is 1. The number of furan rings is 1. The molecule has 0 aliphatic rings. The average molecular weight is 415 g/mol. The molecule has 8 nitrogen and oxygen atoms in total. The number of primary amides is 1. The zero-order valence-corrected chi connectivity index (χ0v) is 17.0. The molecule has 3 N–H and O–H groups in total. The molecule has 152 valence electrons. The van der Waals surface area contributed by atoms with Crippen LogP contribution in [-0.4, -0.2) is 28.5 Å². The number of aryl methyl sites for hydroxylation is 1. The lowest BCUT2D eigenvalue weighted by Gasteiger charge is -2.13. The van der Waals surface area contributed by atoms with Crippen LogP contribution >= 0.6 is 11.3 Å². The Hall–Kier alpha value is -3.33. The van der Waals surface area contributed by atoms with E-state index in [-0.39, 0.29) is 5.56 Å². The Morgan fingerprint density at radius 1 is 1.28 bits per heavy atom. The molecule has 3 rings (SSSR count). The lowest BCUT2D eigenvalue weighted by molar-refractivity contribution is -0.123. The third-order valence-electron chi connectivity index (χ3n) is 4.51. The van der Waals surface area contributed by atoms with Crippen LogP contribution in [0.2, 0.25) is 0 Å². The Kier molecular flexibility index (Phi) is 5.88.